The van der Waals surface area contributed by atoms with Crippen molar-refractivity contribution in [2.45, 2.75) is 56.3 Å². The first kappa shape index (κ1) is 16.3. The van der Waals surface area contributed by atoms with Crippen LogP contribution in [0.5, 0.6) is 0 Å². The van der Waals surface area contributed by atoms with Gasteiger partial charge in [0.25, 0.3) is 0 Å². The molecular formula is C21H23N3O. The molecule has 1 aromatic heterocycles. The maximum Gasteiger partial charge on any atom is 0.109 e. The van der Waals surface area contributed by atoms with Crippen molar-refractivity contribution in [1.29, 1.82) is 5.26 Å². The van der Waals surface area contributed by atoms with Crippen LogP contribution >= 0.6 is 0 Å². The summed E-state index contributed by atoms with van der Waals surface area (Å²) in [4.78, 5) is 6.97. The Hall–Kier alpha value is -2.22. The number of hydrogen-bond donors (Lipinski definition) is 1. The first-order chi connectivity index (χ1) is 12.2. The molecule has 1 N–H and O–H groups in total. The third kappa shape index (κ3) is 3.18. The Labute approximate surface area is 148 Å². The summed E-state index contributed by atoms with van der Waals surface area (Å²) >= 11 is 0. The van der Waals surface area contributed by atoms with Crippen molar-refractivity contribution in [3.05, 3.63) is 65.5 Å². The highest BCUT2D eigenvalue weighted by molar-refractivity contribution is 5.31. The largest absolute Gasteiger partial charge is 0.383 e. The number of aromatic nitrogens is 1. The number of nitrogens with zero attached hydrogens (tertiary/aromatic N) is 3. The van der Waals surface area contributed by atoms with E-state index in [2.05, 4.69) is 40.2 Å². The molecule has 128 valence electrons. The minimum atomic E-state index is -0.921. The number of pyridine rings is 1. The zero-order valence-electron chi connectivity index (χ0n) is 14.3. The van der Waals surface area contributed by atoms with Gasteiger partial charge in [0.05, 0.1) is 17.3 Å². The van der Waals surface area contributed by atoms with Crippen molar-refractivity contribution in [2.75, 3.05) is 0 Å². The van der Waals surface area contributed by atoms with Gasteiger partial charge in [-0.3, -0.25) is 9.88 Å². The fraction of sp³-hybridized carbons (Fsp3) is 0.429. The summed E-state index contributed by atoms with van der Waals surface area (Å²) in [6.07, 6.45) is 6.48. The van der Waals surface area contributed by atoms with Gasteiger partial charge >= 0.3 is 0 Å². The number of piperidine rings is 2. The number of rotatable bonds is 3. The van der Waals surface area contributed by atoms with Crippen molar-refractivity contribution < 1.29 is 5.11 Å². The number of aliphatic hydroxyl groups is 1. The Kier molecular flexibility index (Phi) is 4.29. The van der Waals surface area contributed by atoms with Crippen molar-refractivity contribution >= 4 is 0 Å². The Morgan fingerprint density at radius 3 is 2.56 bits per heavy atom. The average molecular weight is 333 g/mol. The lowest BCUT2D eigenvalue weighted by atomic mass is 9.73. The van der Waals surface area contributed by atoms with E-state index in [1.165, 1.54) is 12.0 Å². The van der Waals surface area contributed by atoms with E-state index < -0.39 is 5.60 Å². The molecule has 0 saturated carbocycles. The first-order valence-corrected chi connectivity index (χ1v) is 9.07. The minimum absolute atomic E-state index is 0.366. The van der Waals surface area contributed by atoms with Crippen LogP contribution in [-0.2, 0) is 12.1 Å². The van der Waals surface area contributed by atoms with E-state index in [9.17, 15) is 5.11 Å². The van der Waals surface area contributed by atoms with Crippen molar-refractivity contribution in [1.82, 2.24) is 9.88 Å². The lowest BCUT2D eigenvalue weighted by Crippen LogP contribution is -2.56. The van der Waals surface area contributed by atoms with Gasteiger partial charge < -0.3 is 5.11 Å². The molecule has 4 heteroatoms. The monoisotopic (exact) mass is 333 g/mol. The predicted molar refractivity (Wildman–Crippen MR) is 95.5 cm³/mol. The second kappa shape index (κ2) is 6.59. The molecule has 4 nitrogen and oxygen atoms in total. The molecule has 0 spiro atoms. The van der Waals surface area contributed by atoms with Crippen LogP contribution in [-0.4, -0.2) is 27.1 Å². The Bertz CT molecular complexity index is 769. The Morgan fingerprint density at radius 1 is 1.16 bits per heavy atom. The topological polar surface area (TPSA) is 60.1 Å². The molecular weight excluding hydrogens is 310 g/mol. The second-order valence-corrected chi connectivity index (χ2v) is 7.38. The van der Waals surface area contributed by atoms with Crippen LogP contribution < -0.4 is 0 Å². The third-order valence-electron chi connectivity index (χ3n) is 5.73. The number of fused-ring (bicyclic) bond motifs is 2. The average Bonchev–Trinajstić information content (AvgIpc) is 2.64. The molecule has 2 aromatic rings. The molecule has 0 aliphatic carbocycles. The molecule has 2 bridgehead atoms. The fourth-order valence-electron chi connectivity index (χ4n) is 4.54. The number of hydrogen-bond acceptors (Lipinski definition) is 4. The van der Waals surface area contributed by atoms with E-state index in [4.69, 9.17) is 5.26 Å². The SMILES string of the molecule is N#Cc1ccnc(C2(O)CC3CCCC(C2)N3Cc2ccccc2)c1. The van der Waals surface area contributed by atoms with Crippen LogP contribution in [0.25, 0.3) is 0 Å². The predicted octanol–water partition coefficient (Wildman–Crippen LogP) is 3.36. The molecule has 0 radical (unpaired) electrons. The first-order valence-electron chi connectivity index (χ1n) is 9.07. The second-order valence-electron chi connectivity index (χ2n) is 7.38. The summed E-state index contributed by atoms with van der Waals surface area (Å²) in [6, 6.07) is 16.9. The van der Waals surface area contributed by atoms with Gasteiger partial charge in [-0.15, -0.1) is 0 Å². The van der Waals surface area contributed by atoms with Crippen LogP contribution in [0.4, 0.5) is 0 Å². The summed E-state index contributed by atoms with van der Waals surface area (Å²) in [6.45, 7) is 0.942. The lowest BCUT2D eigenvalue weighted by Gasteiger charge is -2.52. The van der Waals surface area contributed by atoms with E-state index in [0.29, 0.717) is 36.2 Å². The summed E-state index contributed by atoms with van der Waals surface area (Å²) in [5.74, 6) is 0. The molecule has 2 fully saturated rings. The maximum atomic E-state index is 11.4. The summed E-state index contributed by atoms with van der Waals surface area (Å²) in [5, 5.41) is 20.5. The Balaban J connectivity index is 1.59. The molecule has 1 aromatic carbocycles. The van der Waals surface area contributed by atoms with Crippen LogP contribution in [0.15, 0.2) is 48.7 Å². The van der Waals surface area contributed by atoms with Gasteiger partial charge in [-0.2, -0.15) is 5.26 Å². The van der Waals surface area contributed by atoms with Gasteiger partial charge in [-0.25, -0.2) is 0 Å². The summed E-state index contributed by atoms with van der Waals surface area (Å²) in [7, 11) is 0. The molecule has 2 aliphatic rings. The zero-order chi connectivity index (χ0) is 17.3. The van der Waals surface area contributed by atoms with E-state index in [1.807, 2.05) is 6.07 Å². The zero-order valence-corrected chi connectivity index (χ0v) is 14.3. The van der Waals surface area contributed by atoms with Crippen LogP contribution in [0.2, 0.25) is 0 Å². The molecule has 2 aliphatic heterocycles. The lowest BCUT2D eigenvalue weighted by molar-refractivity contribution is -0.102. The van der Waals surface area contributed by atoms with Crippen molar-refractivity contribution in [2.24, 2.45) is 0 Å². The van der Waals surface area contributed by atoms with Gasteiger partial charge in [0, 0.05) is 24.8 Å². The quantitative estimate of drug-likeness (QED) is 0.936. The smallest absolute Gasteiger partial charge is 0.109 e. The molecule has 4 rings (SSSR count). The van der Waals surface area contributed by atoms with Gasteiger partial charge in [0.15, 0.2) is 0 Å². The third-order valence-corrected chi connectivity index (χ3v) is 5.73. The molecule has 2 saturated heterocycles. The van der Waals surface area contributed by atoms with Gasteiger partial charge in [0.1, 0.15) is 5.60 Å². The van der Waals surface area contributed by atoms with E-state index in [0.717, 1.165) is 19.4 Å². The summed E-state index contributed by atoms with van der Waals surface area (Å²) in [5.41, 5.74) is 1.63. The minimum Gasteiger partial charge on any atom is -0.383 e. The highest BCUT2D eigenvalue weighted by Gasteiger charge is 2.46. The number of benzene rings is 1. The van der Waals surface area contributed by atoms with E-state index in [1.54, 1.807) is 18.3 Å². The molecule has 0 amide bonds. The van der Waals surface area contributed by atoms with Crippen molar-refractivity contribution in [3.8, 4) is 6.07 Å². The van der Waals surface area contributed by atoms with Crippen LogP contribution in [0.1, 0.15) is 48.9 Å². The van der Waals surface area contributed by atoms with Gasteiger partial charge in [0.2, 0.25) is 0 Å². The van der Waals surface area contributed by atoms with Crippen molar-refractivity contribution in [3.63, 3.8) is 0 Å². The molecule has 3 heterocycles. The maximum absolute atomic E-state index is 11.4. The van der Waals surface area contributed by atoms with E-state index in [-0.39, 0.29) is 0 Å². The van der Waals surface area contributed by atoms with Crippen LogP contribution in [0, 0.1) is 11.3 Å². The van der Waals surface area contributed by atoms with Gasteiger partial charge in [-0.05, 0) is 43.4 Å². The van der Waals surface area contributed by atoms with Gasteiger partial charge in [-0.1, -0.05) is 36.8 Å². The Morgan fingerprint density at radius 2 is 1.88 bits per heavy atom. The van der Waals surface area contributed by atoms with E-state index >= 15 is 0 Å². The molecule has 25 heavy (non-hydrogen) atoms. The molecule has 2 atom stereocenters. The summed E-state index contributed by atoms with van der Waals surface area (Å²) < 4.78 is 0. The fourth-order valence-corrected chi connectivity index (χ4v) is 4.54. The number of nitriles is 1. The standard InChI is InChI=1S/C21H23N3O/c22-14-17-9-10-23-20(11-17)21(25)12-18-7-4-8-19(13-21)24(18)15-16-5-2-1-3-6-16/h1-3,5-6,9-11,18-19,25H,4,7-8,12-13,15H2. The highest BCUT2D eigenvalue weighted by Crippen LogP contribution is 2.44. The highest BCUT2D eigenvalue weighted by atomic mass is 16.3. The van der Waals surface area contributed by atoms with Crippen LogP contribution in [0.3, 0.4) is 0 Å². The normalized spacial score (nSPS) is 29.1. The molecule has 2 unspecified atom stereocenters.